The van der Waals surface area contributed by atoms with E-state index in [2.05, 4.69) is 5.16 Å². The van der Waals surface area contributed by atoms with E-state index in [9.17, 15) is 0 Å². The number of halogens is 1. The lowest BCUT2D eigenvalue weighted by atomic mass is 10.5. The Hall–Kier alpha value is -0.130. The number of rotatable bonds is 4. The van der Waals surface area contributed by atoms with Crippen LogP contribution in [0, 0.1) is 6.92 Å². The summed E-state index contributed by atoms with van der Waals surface area (Å²) < 4.78 is 19.8. The molecule has 0 saturated carbocycles. The second-order valence-corrected chi connectivity index (χ2v) is 5.79. The number of nitrogens with zero attached hydrogens (tertiary/aromatic N) is 1. The van der Waals surface area contributed by atoms with Crippen molar-refractivity contribution in [1.82, 2.24) is 5.16 Å². The number of aromatic nitrogens is 1. The van der Waals surface area contributed by atoms with Gasteiger partial charge in [0.05, 0.1) is 0 Å². The first-order valence-corrected chi connectivity index (χ1v) is 6.48. The van der Waals surface area contributed by atoms with Gasteiger partial charge >= 0.3 is 6.72 Å². The maximum atomic E-state index is 5.81. The van der Waals surface area contributed by atoms with Crippen LogP contribution < -0.4 is 4.52 Å². The first-order valence-electron chi connectivity index (χ1n) is 3.55. The summed E-state index contributed by atoms with van der Waals surface area (Å²) in [4.78, 5) is 0. The molecule has 14 heavy (non-hydrogen) atoms. The second kappa shape index (κ2) is 4.59. The molecule has 0 saturated heterocycles. The Labute approximate surface area is 91.5 Å². The van der Waals surface area contributed by atoms with Crippen molar-refractivity contribution in [2.24, 2.45) is 0 Å². The Balaban J connectivity index is 2.88. The summed E-state index contributed by atoms with van der Waals surface area (Å²) in [6.07, 6.45) is 0. The molecule has 1 aromatic heterocycles. The fourth-order valence-electron chi connectivity index (χ4n) is 0.652. The molecule has 0 aliphatic rings. The quantitative estimate of drug-likeness (QED) is 0.773. The molecular formula is C6H9ClNO4PS. The Morgan fingerprint density at radius 2 is 2.00 bits per heavy atom. The van der Waals surface area contributed by atoms with Gasteiger partial charge in [-0.3, -0.25) is 0 Å². The highest BCUT2D eigenvalue weighted by Crippen LogP contribution is 2.49. The van der Waals surface area contributed by atoms with E-state index in [-0.39, 0.29) is 10.9 Å². The van der Waals surface area contributed by atoms with Crippen LogP contribution in [0.15, 0.2) is 4.52 Å². The predicted octanol–water partition coefficient (Wildman–Crippen LogP) is 2.53. The zero-order valence-corrected chi connectivity index (χ0v) is 10.3. The first kappa shape index (κ1) is 11.9. The normalized spacial score (nSPS) is 11.7. The average molecular weight is 258 g/mol. The molecule has 0 aliphatic carbocycles. The molecule has 0 bridgehead atoms. The van der Waals surface area contributed by atoms with E-state index < -0.39 is 6.72 Å². The molecule has 0 unspecified atom stereocenters. The summed E-state index contributed by atoms with van der Waals surface area (Å²) in [5.41, 5.74) is 0. The van der Waals surface area contributed by atoms with E-state index in [0.717, 1.165) is 0 Å². The van der Waals surface area contributed by atoms with Gasteiger partial charge in [0, 0.05) is 26.0 Å². The van der Waals surface area contributed by atoms with Crippen molar-refractivity contribution < 1.29 is 18.1 Å². The van der Waals surface area contributed by atoms with Crippen molar-refractivity contribution in [2.45, 2.75) is 6.92 Å². The van der Waals surface area contributed by atoms with Gasteiger partial charge in [0.2, 0.25) is 0 Å². The molecule has 0 atom stereocenters. The molecule has 0 spiro atoms. The third kappa shape index (κ3) is 2.46. The molecule has 0 radical (unpaired) electrons. The van der Waals surface area contributed by atoms with E-state index in [1.165, 1.54) is 14.2 Å². The largest absolute Gasteiger partial charge is 0.401 e. The minimum atomic E-state index is -2.79. The fourth-order valence-corrected chi connectivity index (χ4v) is 1.66. The summed E-state index contributed by atoms with van der Waals surface area (Å²) in [5.74, 6) is 0.548. The van der Waals surface area contributed by atoms with Gasteiger partial charge in [0.25, 0.3) is 5.88 Å². The van der Waals surface area contributed by atoms with Crippen LogP contribution in [0.2, 0.25) is 5.02 Å². The highest BCUT2D eigenvalue weighted by atomic mass is 35.5. The number of hydrogen-bond donors (Lipinski definition) is 0. The Morgan fingerprint density at radius 3 is 2.36 bits per heavy atom. The number of hydrogen-bond acceptors (Lipinski definition) is 6. The molecule has 0 aromatic carbocycles. The van der Waals surface area contributed by atoms with E-state index >= 15 is 0 Å². The van der Waals surface area contributed by atoms with E-state index in [4.69, 9.17) is 41.5 Å². The zero-order valence-electron chi connectivity index (χ0n) is 7.81. The van der Waals surface area contributed by atoms with Gasteiger partial charge in [-0.25, -0.2) is 0 Å². The second-order valence-electron chi connectivity index (χ2n) is 2.26. The summed E-state index contributed by atoms with van der Waals surface area (Å²) in [6.45, 7) is -1.13. The van der Waals surface area contributed by atoms with Gasteiger partial charge < -0.3 is 18.1 Å². The Morgan fingerprint density at radius 1 is 1.43 bits per heavy atom. The van der Waals surface area contributed by atoms with Crippen LogP contribution in [0.25, 0.3) is 0 Å². The smallest absolute Gasteiger partial charge is 0.381 e. The van der Waals surface area contributed by atoms with Crippen molar-refractivity contribution in [3.8, 4) is 5.88 Å². The molecule has 5 nitrogen and oxygen atoms in total. The van der Waals surface area contributed by atoms with Crippen molar-refractivity contribution in [3.63, 3.8) is 0 Å². The van der Waals surface area contributed by atoms with E-state index in [0.29, 0.717) is 5.76 Å². The summed E-state index contributed by atoms with van der Waals surface area (Å²) >= 11 is 10.8. The molecule has 1 rings (SSSR count). The monoisotopic (exact) mass is 257 g/mol. The molecule has 1 aromatic rings. The van der Waals surface area contributed by atoms with Crippen LogP contribution in [0.3, 0.4) is 0 Å². The van der Waals surface area contributed by atoms with Crippen LogP contribution in [-0.2, 0) is 20.9 Å². The van der Waals surface area contributed by atoms with Crippen molar-refractivity contribution >= 4 is 30.1 Å². The topological polar surface area (TPSA) is 53.7 Å². The van der Waals surface area contributed by atoms with Gasteiger partial charge in [0.15, 0.2) is 5.76 Å². The lowest BCUT2D eigenvalue weighted by Crippen LogP contribution is -1.97. The maximum Gasteiger partial charge on any atom is 0.381 e. The predicted molar refractivity (Wildman–Crippen MR) is 55.2 cm³/mol. The van der Waals surface area contributed by atoms with Crippen molar-refractivity contribution in [2.75, 3.05) is 14.2 Å². The SMILES string of the molecule is COP(=S)(OC)Oc1noc(C)c1Cl. The van der Waals surface area contributed by atoms with Crippen LogP contribution in [0.4, 0.5) is 0 Å². The van der Waals surface area contributed by atoms with Crippen LogP contribution in [0.1, 0.15) is 5.76 Å². The highest BCUT2D eigenvalue weighted by molar-refractivity contribution is 8.07. The van der Waals surface area contributed by atoms with Crippen molar-refractivity contribution in [1.29, 1.82) is 0 Å². The third-order valence-electron chi connectivity index (χ3n) is 1.41. The summed E-state index contributed by atoms with van der Waals surface area (Å²) in [7, 11) is 2.79. The van der Waals surface area contributed by atoms with Gasteiger partial charge in [-0.15, -0.1) is 0 Å². The fraction of sp³-hybridized carbons (Fsp3) is 0.500. The van der Waals surface area contributed by atoms with E-state index in [1.807, 2.05) is 0 Å². The van der Waals surface area contributed by atoms with Gasteiger partial charge in [-0.1, -0.05) is 11.6 Å². The molecule has 0 fully saturated rings. The molecule has 1 heterocycles. The summed E-state index contributed by atoms with van der Waals surface area (Å²) in [6, 6.07) is 0. The maximum absolute atomic E-state index is 5.81. The molecule has 0 aliphatic heterocycles. The lowest BCUT2D eigenvalue weighted by Gasteiger charge is -2.15. The number of aryl methyl sites for hydroxylation is 1. The lowest BCUT2D eigenvalue weighted by molar-refractivity contribution is 0.263. The third-order valence-corrected chi connectivity index (χ3v) is 4.24. The molecule has 0 amide bonds. The van der Waals surface area contributed by atoms with Crippen LogP contribution >= 0.6 is 18.3 Å². The van der Waals surface area contributed by atoms with Gasteiger partial charge in [-0.2, -0.15) is 0 Å². The minimum Gasteiger partial charge on any atom is -0.401 e. The summed E-state index contributed by atoms with van der Waals surface area (Å²) in [5, 5.41) is 3.84. The van der Waals surface area contributed by atoms with Crippen molar-refractivity contribution in [3.05, 3.63) is 10.8 Å². The van der Waals surface area contributed by atoms with Gasteiger partial charge in [0.1, 0.15) is 5.02 Å². The minimum absolute atomic E-state index is 0.0937. The first-order chi connectivity index (χ1) is 6.52. The molecular weight excluding hydrogens is 249 g/mol. The van der Waals surface area contributed by atoms with Crippen LogP contribution in [-0.4, -0.2) is 19.4 Å². The Bertz CT molecular complexity index is 361. The molecule has 8 heteroatoms. The molecule has 0 N–H and O–H groups in total. The molecule has 80 valence electrons. The van der Waals surface area contributed by atoms with Gasteiger partial charge in [-0.05, 0) is 12.1 Å². The highest BCUT2D eigenvalue weighted by Gasteiger charge is 2.23. The zero-order chi connectivity index (χ0) is 10.8. The Kier molecular flexibility index (Phi) is 3.92. The van der Waals surface area contributed by atoms with E-state index in [1.54, 1.807) is 6.92 Å². The average Bonchev–Trinajstić information content (AvgIpc) is 2.49. The van der Waals surface area contributed by atoms with Crippen LogP contribution in [0.5, 0.6) is 5.88 Å². The standard InChI is InChI=1S/C6H9ClNO4PS/c1-4-5(7)6(8-11-4)12-13(14,9-2)10-3/h1-3H3.